The maximum atomic E-state index is 9.84. The summed E-state index contributed by atoms with van der Waals surface area (Å²) in [4.78, 5) is 0. The van der Waals surface area contributed by atoms with Crippen molar-refractivity contribution in [1.82, 2.24) is 0 Å². The third kappa shape index (κ3) is 3.04. The molecule has 0 aliphatic carbocycles. The molecule has 1 aromatic carbocycles. The van der Waals surface area contributed by atoms with E-state index in [2.05, 4.69) is 12.6 Å². The van der Waals surface area contributed by atoms with Crippen molar-refractivity contribution < 1.29 is 15.3 Å². The van der Waals surface area contributed by atoms with Crippen LogP contribution in [0.15, 0.2) is 12.1 Å². The van der Waals surface area contributed by atoms with Crippen molar-refractivity contribution in [3.8, 4) is 5.75 Å². The fourth-order valence-corrected chi connectivity index (χ4v) is 1.99. The zero-order valence-corrected chi connectivity index (χ0v) is 10.5. The largest absolute Gasteiger partial charge is 0.506 e. The van der Waals surface area contributed by atoms with Gasteiger partial charge in [-0.3, -0.25) is 0 Å². The molecule has 0 saturated heterocycles. The molecule has 0 saturated carbocycles. The summed E-state index contributed by atoms with van der Waals surface area (Å²) in [5, 5.41) is 29.1. The summed E-state index contributed by atoms with van der Waals surface area (Å²) >= 11 is 9.77. The van der Waals surface area contributed by atoms with Crippen molar-refractivity contribution in [2.24, 2.45) is 0 Å². The number of rotatable bonds is 4. The summed E-state index contributed by atoms with van der Waals surface area (Å²) in [5.41, 5.74) is 1.06. The van der Waals surface area contributed by atoms with Gasteiger partial charge in [0, 0.05) is 0 Å². The molecule has 0 aromatic heterocycles. The van der Waals surface area contributed by atoms with Crippen LogP contribution in [-0.4, -0.2) is 27.2 Å². The molecule has 3 N–H and O–H groups in total. The Morgan fingerprint density at radius 1 is 1.38 bits per heavy atom. The van der Waals surface area contributed by atoms with E-state index in [1.54, 1.807) is 13.0 Å². The van der Waals surface area contributed by atoms with Crippen molar-refractivity contribution in [2.45, 2.75) is 25.6 Å². The molecule has 1 aromatic rings. The molecule has 0 aliphatic rings. The first-order chi connectivity index (χ1) is 7.47. The van der Waals surface area contributed by atoms with E-state index >= 15 is 0 Å². The standard InChI is InChI=1S/C11H15ClO3S/c1-6-4-7(5-8(12)10(6)14)11(15)9(13)2-3-16/h4-5,9,11,13-16H,2-3H2,1H3. The maximum absolute atomic E-state index is 9.84. The molecule has 0 bridgehead atoms. The second kappa shape index (κ2) is 5.77. The van der Waals surface area contributed by atoms with Gasteiger partial charge in [0.15, 0.2) is 0 Å². The molecular weight excluding hydrogens is 248 g/mol. The van der Waals surface area contributed by atoms with Crippen LogP contribution in [0.25, 0.3) is 0 Å². The van der Waals surface area contributed by atoms with Gasteiger partial charge in [0.2, 0.25) is 0 Å². The maximum Gasteiger partial charge on any atom is 0.137 e. The van der Waals surface area contributed by atoms with Gasteiger partial charge in [-0.05, 0) is 42.4 Å². The number of phenolic OH excluding ortho intramolecular Hbond substituents is 1. The molecule has 5 heteroatoms. The summed E-state index contributed by atoms with van der Waals surface area (Å²) in [6.07, 6.45) is -1.50. The zero-order chi connectivity index (χ0) is 12.3. The third-order valence-electron chi connectivity index (χ3n) is 2.41. The highest BCUT2D eigenvalue weighted by atomic mass is 35.5. The Morgan fingerprint density at radius 3 is 2.50 bits per heavy atom. The first-order valence-corrected chi connectivity index (χ1v) is 5.94. The number of hydrogen-bond acceptors (Lipinski definition) is 4. The molecule has 0 radical (unpaired) electrons. The summed E-state index contributed by atoms with van der Waals surface area (Å²) in [5.74, 6) is 0.490. The Bertz CT molecular complexity index is 347. The van der Waals surface area contributed by atoms with Crippen molar-refractivity contribution >= 4 is 24.2 Å². The lowest BCUT2D eigenvalue weighted by molar-refractivity contribution is 0.0172. The van der Waals surface area contributed by atoms with Crippen LogP contribution in [0.2, 0.25) is 5.02 Å². The second-order valence-electron chi connectivity index (χ2n) is 3.69. The fourth-order valence-electron chi connectivity index (χ4n) is 1.45. The lowest BCUT2D eigenvalue weighted by Gasteiger charge is -2.18. The molecule has 0 fully saturated rings. The number of hydrogen-bond donors (Lipinski definition) is 4. The minimum absolute atomic E-state index is 0.00121. The van der Waals surface area contributed by atoms with Gasteiger partial charge in [0.25, 0.3) is 0 Å². The number of halogens is 1. The van der Waals surface area contributed by atoms with Crippen molar-refractivity contribution in [1.29, 1.82) is 0 Å². The van der Waals surface area contributed by atoms with Crippen molar-refractivity contribution in [3.63, 3.8) is 0 Å². The van der Waals surface area contributed by atoms with E-state index in [9.17, 15) is 15.3 Å². The van der Waals surface area contributed by atoms with Gasteiger partial charge in [-0.25, -0.2) is 0 Å². The zero-order valence-electron chi connectivity index (χ0n) is 8.89. The molecule has 0 spiro atoms. The Morgan fingerprint density at radius 2 is 2.00 bits per heavy atom. The van der Waals surface area contributed by atoms with Gasteiger partial charge in [-0.15, -0.1) is 0 Å². The van der Waals surface area contributed by atoms with E-state index in [4.69, 9.17) is 11.6 Å². The molecule has 0 aliphatic heterocycles. The van der Waals surface area contributed by atoms with E-state index in [1.807, 2.05) is 0 Å². The van der Waals surface area contributed by atoms with Gasteiger partial charge >= 0.3 is 0 Å². The van der Waals surface area contributed by atoms with E-state index in [1.165, 1.54) is 6.07 Å². The summed E-state index contributed by atoms with van der Waals surface area (Å²) in [7, 11) is 0. The molecule has 90 valence electrons. The van der Waals surface area contributed by atoms with Crippen LogP contribution in [0.3, 0.4) is 0 Å². The summed E-state index contributed by atoms with van der Waals surface area (Å²) in [6.45, 7) is 1.68. The van der Waals surface area contributed by atoms with Crippen LogP contribution in [0, 0.1) is 6.92 Å². The Balaban J connectivity index is 2.96. The van der Waals surface area contributed by atoms with E-state index in [-0.39, 0.29) is 10.8 Å². The van der Waals surface area contributed by atoms with Crippen LogP contribution in [-0.2, 0) is 0 Å². The highest BCUT2D eigenvalue weighted by Gasteiger charge is 2.19. The number of aryl methyl sites for hydroxylation is 1. The van der Waals surface area contributed by atoms with E-state index in [0.717, 1.165) is 0 Å². The van der Waals surface area contributed by atoms with Gasteiger partial charge < -0.3 is 15.3 Å². The fraction of sp³-hybridized carbons (Fsp3) is 0.455. The van der Waals surface area contributed by atoms with Crippen LogP contribution in [0.4, 0.5) is 0 Å². The highest BCUT2D eigenvalue weighted by molar-refractivity contribution is 7.80. The Kier molecular flexibility index (Phi) is 4.92. The molecule has 0 heterocycles. The SMILES string of the molecule is Cc1cc(C(O)C(O)CCS)cc(Cl)c1O. The number of aliphatic hydroxyl groups excluding tert-OH is 2. The number of aromatic hydroxyl groups is 1. The topological polar surface area (TPSA) is 60.7 Å². The predicted octanol–water partition coefficient (Wildman–Crippen LogP) is 2.07. The van der Waals surface area contributed by atoms with E-state index < -0.39 is 12.2 Å². The minimum Gasteiger partial charge on any atom is -0.506 e. The average molecular weight is 263 g/mol. The molecule has 2 atom stereocenters. The van der Waals surface area contributed by atoms with Crippen LogP contribution in [0.1, 0.15) is 23.7 Å². The smallest absolute Gasteiger partial charge is 0.137 e. The Labute approximate surface area is 105 Å². The van der Waals surface area contributed by atoms with E-state index in [0.29, 0.717) is 23.3 Å². The molecule has 1 rings (SSSR count). The third-order valence-corrected chi connectivity index (χ3v) is 2.95. The van der Waals surface area contributed by atoms with Gasteiger partial charge in [-0.2, -0.15) is 12.6 Å². The quantitative estimate of drug-likeness (QED) is 0.629. The van der Waals surface area contributed by atoms with Crippen LogP contribution < -0.4 is 0 Å². The van der Waals surface area contributed by atoms with Crippen molar-refractivity contribution in [2.75, 3.05) is 5.75 Å². The molecule has 2 unspecified atom stereocenters. The molecular formula is C11H15ClO3S. The summed E-state index contributed by atoms with van der Waals surface area (Å²) < 4.78 is 0. The van der Waals surface area contributed by atoms with Gasteiger partial charge in [-0.1, -0.05) is 11.6 Å². The predicted molar refractivity (Wildman–Crippen MR) is 67.3 cm³/mol. The monoisotopic (exact) mass is 262 g/mol. The second-order valence-corrected chi connectivity index (χ2v) is 4.55. The van der Waals surface area contributed by atoms with Crippen LogP contribution in [0.5, 0.6) is 5.75 Å². The normalized spacial score (nSPS) is 14.8. The lowest BCUT2D eigenvalue weighted by atomic mass is 10.0. The van der Waals surface area contributed by atoms with Crippen molar-refractivity contribution in [3.05, 3.63) is 28.3 Å². The number of benzene rings is 1. The number of aliphatic hydroxyl groups is 2. The highest BCUT2D eigenvalue weighted by Crippen LogP contribution is 2.31. The molecule has 0 amide bonds. The number of phenols is 1. The first kappa shape index (κ1) is 13.6. The van der Waals surface area contributed by atoms with Crippen LogP contribution >= 0.6 is 24.2 Å². The molecule has 3 nitrogen and oxygen atoms in total. The number of thiol groups is 1. The summed E-state index contributed by atoms with van der Waals surface area (Å²) in [6, 6.07) is 3.06. The minimum atomic E-state index is -1.01. The van der Waals surface area contributed by atoms with Gasteiger partial charge in [0.1, 0.15) is 11.9 Å². The lowest BCUT2D eigenvalue weighted by Crippen LogP contribution is -2.18. The van der Waals surface area contributed by atoms with Gasteiger partial charge in [0.05, 0.1) is 11.1 Å². The average Bonchev–Trinajstić information content (AvgIpc) is 2.24. The molecule has 16 heavy (non-hydrogen) atoms. The first-order valence-electron chi connectivity index (χ1n) is 4.93. The Hall–Kier alpha value is -0.420.